The van der Waals surface area contributed by atoms with E-state index in [2.05, 4.69) is 57.0 Å². The normalized spacial score (nSPS) is 19.8. The summed E-state index contributed by atoms with van der Waals surface area (Å²) in [6, 6.07) is 10.1. The number of hydrogen-bond acceptors (Lipinski definition) is 4. The maximum absolute atomic E-state index is 9.20. The van der Waals surface area contributed by atoms with Crippen molar-refractivity contribution in [3.05, 3.63) is 82.5 Å². The smallest absolute Gasteiger partial charge is 0.107 e. The van der Waals surface area contributed by atoms with Crippen LogP contribution in [-0.2, 0) is 0 Å². The molecule has 5 heteroatoms. The minimum atomic E-state index is 0.221. The summed E-state index contributed by atoms with van der Waals surface area (Å²) in [5, 5.41) is 11.3. The summed E-state index contributed by atoms with van der Waals surface area (Å²) in [7, 11) is 0. The van der Waals surface area contributed by atoms with Crippen LogP contribution in [0.15, 0.2) is 59.5 Å². The van der Waals surface area contributed by atoms with Crippen molar-refractivity contribution in [3.63, 3.8) is 0 Å². The quantitative estimate of drug-likeness (QED) is 0.843. The van der Waals surface area contributed by atoms with Crippen molar-refractivity contribution >= 4 is 18.1 Å². The standard InChI is InChI=1S/C20H15N5/c21-9-13-2-1-3-14(8-13)17-6-7-18-19-15(10-23-20(17)19)4-5-16-11-22-12-24-25(16)18/h1-5,7-8,10-12,17,23H,6H2,(H,22,24). The summed E-state index contributed by atoms with van der Waals surface area (Å²) >= 11 is 0. The van der Waals surface area contributed by atoms with Gasteiger partial charge in [0.1, 0.15) is 6.34 Å². The molecule has 0 saturated carbocycles. The molecule has 2 aliphatic heterocycles. The number of hydrogen-bond donors (Lipinski definition) is 2. The lowest BCUT2D eigenvalue weighted by molar-refractivity contribution is 0.449. The predicted molar refractivity (Wildman–Crippen MR) is 97.0 cm³/mol. The van der Waals surface area contributed by atoms with Gasteiger partial charge in [0.05, 0.1) is 29.2 Å². The first kappa shape index (κ1) is 13.9. The Morgan fingerprint density at radius 2 is 2.24 bits per heavy atom. The number of H-pyrrole nitrogens is 1. The highest BCUT2D eigenvalue weighted by atomic mass is 15.5. The largest absolute Gasteiger partial charge is 0.363 e. The fourth-order valence-corrected chi connectivity index (χ4v) is 3.77. The van der Waals surface area contributed by atoms with Crippen LogP contribution < -0.4 is 5.43 Å². The molecule has 1 aliphatic carbocycles. The molecule has 1 unspecified atom stereocenters. The highest BCUT2D eigenvalue weighted by molar-refractivity contribution is 5.82. The lowest BCUT2D eigenvalue weighted by atomic mass is 9.84. The maximum atomic E-state index is 9.20. The van der Waals surface area contributed by atoms with E-state index in [4.69, 9.17) is 0 Å². The van der Waals surface area contributed by atoms with E-state index in [9.17, 15) is 5.26 Å². The molecule has 0 bridgehead atoms. The number of aromatic nitrogens is 1. The van der Waals surface area contributed by atoms with Gasteiger partial charge in [-0.15, -0.1) is 0 Å². The van der Waals surface area contributed by atoms with Gasteiger partial charge in [-0.05, 0) is 30.2 Å². The van der Waals surface area contributed by atoms with Gasteiger partial charge in [0.25, 0.3) is 0 Å². The number of hydrazine groups is 1. The molecule has 5 nitrogen and oxygen atoms in total. The molecule has 25 heavy (non-hydrogen) atoms. The van der Waals surface area contributed by atoms with Gasteiger partial charge in [-0.1, -0.05) is 24.3 Å². The Morgan fingerprint density at radius 1 is 1.28 bits per heavy atom. The minimum Gasteiger partial charge on any atom is -0.363 e. The molecule has 2 N–H and O–H groups in total. The average molecular weight is 325 g/mol. The highest BCUT2D eigenvalue weighted by Gasteiger charge is 2.31. The van der Waals surface area contributed by atoms with Gasteiger partial charge in [-0.25, -0.2) is 4.99 Å². The number of nitrogens with zero attached hydrogens (tertiary/aromatic N) is 3. The van der Waals surface area contributed by atoms with E-state index in [1.807, 2.05) is 24.4 Å². The zero-order chi connectivity index (χ0) is 16.8. The molecule has 0 amide bonds. The SMILES string of the molecule is N#Cc1cccc(C2CC=C3c4c(c[nH]c42)C=CC2=CN=CNN23)c1. The summed E-state index contributed by atoms with van der Waals surface area (Å²) < 4.78 is 0. The van der Waals surface area contributed by atoms with Crippen LogP contribution in [-0.4, -0.2) is 16.3 Å². The molecular formula is C20H15N5. The van der Waals surface area contributed by atoms with Crippen LogP contribution in [0.1, 0.15) is 40.3 Å². The van der Waals surface area contributed by atoms with Gasteiger partial charge in [0.15, 0.2) is 0 Å². The van der Waals surface area contributed by atoms with E-state index < -0.39 is 0 Å². The molecule has 3 aliphatic rings. The predicted octanol–water partition coefficient (Wildman–Crippen LogP) is 3.48. The number of nitriles is 1. The number of nitrogens with one attached hydrogen (secondary N) is 2. The molecule has 5 rings (SSSR count). The zero-order valence-electron chi connectivity index (χ0n) is 13.4. The molecule has 3 heterocycles. The van der Waals surface area contributed by atoms with Crippen molar-refractivity contribution in [2.75, 3.05) is 0 Å². The Balaban J connectivity index is 1.65. The van der Waals surface area contributed by atoms with Crippen molar-refractivity contribution in [2.24, 2.45) is 4.99 Å². The minimum absolute atomic E-state index is 0.221. The van der Waals surface area contributed by atoms with E-state index in [-0.39, 0.29) is 5.92 Å². The zero-order valence-corrected chi connectivity index (χ0v) is 13.4. The van der Waals surface area contributed by atoms with Crippen LogP contribution >= 0.6 is 0 Å². The topological polar surface area (TPSA) is 67.2 Å². The molecule has 0 saturated heterocycles. The second kappa shape index (κ2) is 5.25. The van der Waals surface area contributed by atoms with Crippen molar-refractivity contribution in [1.29, 1.82) is 5.26 Å². The molecule has 120 valence electrons. The molecule has 0 fully saturated rings. The number of rotatable bonds is 1. The fourth-order valence-electron chi connectivity index (χ4n) is 3.77. The third kappa shape index (κ3) is 2.05. The van der Waals surface area contributed by atoms with Crippen molar-refractivity contribution in [1.82, 2.24) is 15.4 Å². The summed E-state index contributed by atoms with van der Waals surface area (Å²) in [4.78, 5) is 7.66. The molecule has 1 aromatic carbocycles. The van der Waals surface area contributed by atoms with Gasteiger partial charge in [-0.2, -0.15) is 5.26 Å². The summed E-state index contributed by atoms with van der Waals surface area (Å²) in [6.07, 6.45) is 12.9. The number of benzene rings is 1. The van der Waals surface area contributed by atoms with Gasteiger partial charge in [0, 0.05) is 28.9 Å². The van der Waals surface area contributed by atoms with E-state index >= 15 is 0 Å². The van der Waals surface area contributed by atoms with Crippen LogP contribution in [0.4, 0.5) is 0 Å². The van der Waals surface area contributed by atoms with Crippen LogP contribution in [0, 0.1) is 11.3 Å². The summed E-state index contributed by atoms with van der Waals surface area (Å²) in [5.74, 6) is 0.221. The van der Waals surface area contributed by atoms with Gasteiger partial charge < -0.3 is 4.98 Å². The van der Waals surface area contributed by atoms with Gasteiger partial charge in [0.2, 0.25) is 0 Å². The average Bonchev–Trinajstić information content (AvgIpc) is 3.02. The Hall–Kier alpha value is -3.52. The third-order valence-electron chi connectivity index (χ3n) is 4.91. The molecule has 2 aromatic rings. The molecule has 1 aromatic heterocycles. The molecule has 0 spiro atoms. The molecule has 1 atom stereocenters. The highest BCUT2D eigenvalue weighted by Crippen LogP contribution is 2.43. The lowest BCUT2D eigenvalue weighted by Gasteiger charge is -2.32. The number of aliphatic imine (C=N–C) groups is 1. The Bertz CT molecular complexity index is 1030. The van der Waals surface area contributed by atoms with E-state index in [0.29, 0.717) is 5.56 Å². The van der Waals surface area contributed by atoms with Crippen molar-refractivity contribution in [3.8, 4) is 6.07 Å². The van der Waals surface area contributed by atoms with Crippen LogP contribution in [0.25, 0.3) is 11.8 Å². The second-order valence-electron chi connectivity index (χ2n) is 6.28. The summed E-state index contributed by atoms with van der Waals surface area (Å²) in [5.41, 5.74) is 10.8. The van der Waals surface area contributed by atoms with Gasteiger partial charge >= 0.3 is 0 Å². The first-order chi connectivity index (χ1) is 12.3. The Labute approximate surface area is 145 Å². The summed E-state index contributed by atoms with van der Waals surface area (Å²) in [6.45, 7) is 0. The lowest BCUT2D eigenvalue weighted by Crippen LogP contribution is -2.36. The van der Waals surface area contributed by atoms with Crippen LogP contribution in [0.5, 0.6) is 0 Å². The maximum Gasteiger partial charge on any atom is 0.107 e. The molecular weight excluding hydrogens is 310 g/mol. The molecule has 0 radical (unpaired) electrons. The number of fused-ring (bicyclic) bond motifs is 2. The monoisotopic (exact) mass is 325 g/mol. The Kier molecular flexibility index (Phi) is 2.91. The van der Waals surface area contributed by atoms with E-state index in [1.54, 1.807) is 6.34 Å². The van der Waals surface area contributed by atoms with Crippen LogP contribution in [0.3, 0.4) is 0 Å². The van der Waals surface area contributed by atoms with Crippen molar-refractivity contribution in [2.45, 2.75) is 12.3 Å². The first-order valence-corrected chi connectivity index (χ1v) is 8.23. The van der Waals surface area contributed by atoms with E-state index in [0.717, 1.165) is 23.4 Å². The van der Waals surface area contributed by atoms with Crippen molar-refractivity contribution < 1.29 is 0 Å². The van der Waals surface area contributed by atoms with Gasteiger partial charge in [-0.3, -0.25) is 10.4 Å². The third-order valence-corrected chi connectivity index (χ3v) is 4.91. The number of aromatic amines is 1. The Morgan fingerprint density at radius 3 is 3.16 bits per heavy atom. The van der Waals surface area contributed by atoms with E-state index in [1.165, 1.54) is 16.8 Å². The number of allylic oxidation sites excluding steroid dienone is 2. The second-order valence-corrected chi connectivity index (χ2v) is 6.28. The van der Waals surface area contributed by atoms with Crippen LogP contribution in [0.2, 0.25) is 0 Å². The fraction of sp³-hybridized carbons (Fsp3) is 0.100. The first-order valence-electron chi connectivity index (χ1n) is 8.23.